The lowest BCUT2D eigenvalue weighted by Gasteiger charge is -2.04. The van der Waals surface area contributed by atoms with Crippen molar-refractivity contribution in [2.24, 2.45) is 0 Å². The van der Waals surface area contributed by atoms with Gasteiger partial charge in [-0.3, -0.25) is 4.79 Å². The maximum atomic E-state index is 13.1. The molecule has 0 aliphatic carbocycles. The second-order valence-electron chi connectivity index (χ2n) is 5.01. The van der Waals surface area contributed by atoms with E-state index in [-0.39, 0.29) is 11.6 Å². The van der Waals surface area contributed by atoms with Gasteiger partial charge in [-0.05, 0) is 36.4 Å². The molecule has 0 saturated heterocycles. The minimum atomic E-state index is -1.12. The van der Waals surface area contributed by atoms with Crippen molar-refractivity contribution >= 4 is 11.6 Å². The van der Waals surface area contributed by atoms with Gasteiger partial charge in [0.25, 0.3) is 0 Å². The smallest absolute Gasteiger partial charge is 0.388 e. The molecule has 3 aromatic rings. The maximum Gasteiger partial charge on any atom is 0.437 e. The highest BCUT2D eigenvalue weighted by Gasteiger charge is 2.14. The predicted octanol–water partition coefficient (Wildman–Crippen LogP) is 2.56. The molecule has 1 heterocycles. The Balaban J connectivity index is 1.74. The molecule has 6 nitrogen and oxygen atoms in total. The quantitative estimate of drug-likeness (QED) is 0.785. The third kappa shape index (κ3) is 3.77. The summed E-state index contributed by atoms with van der Waals surface area (Å²) in [6.07, 6.45) is 0. The van der Waals surface area contributed by atoms with Crippen LogP contribution in [-0.4, -0.2) is 15.7 Å². The fourth-order valence-corrected chi connectivity index (χ4v) is 2.03. The number of carbonyl (C=O) groups is 1. The Hall–Kier alpha value is -3.36. The molecule has 128 valence electrons. The van der Waals surface area contributed by atoms with E-state index < -0.39 is 35.7 Å². The first-order chi connectivity index (χ1) is 11.9. The second kappa shape index (κ2) is 6.63. The van der Waals surface area contributed by atoms with Crippen molar-refractivity contribution in [3.63, 3.8) is 0 Å². The van der Waals surface area contributed by atoms with Gasteiger partial charge in [0.2, 0.25) is 11.8 Å². The molecule has 0 spiro atoms. The Kier molecular flexibility index (Phi) is 4.38. The average Bonchev–Trinajstić information content (AvgIpc) is 2.92. The first-order valence-corrected chi connectivity index (χ1v) is 7.01. The summed E-state index contributed by atoms with van der Waals surface area (Å²) in [4.78, 5) is 23.6. The zero-order valence-electron chi connectivity index (χ0n) is 12.5. The largest absolute Gasteiger partial charge is 0.437 e. The Morgan fingerprint density at radius 2 is 1.80 bits per heavy atom. The monoisotopic (exact) mass is 349 g/mol. The summed E-state index contributed by atoms with van der Waals surface area (Å²) in [6, 6.07) is 7.92. The van der Waals surface area contributed by atoms with Crippen molar-refractivity contribution in [2.75, 3.05) is 5.32 Å². The summed E-state index contributed by atoms with van der Waals surface area (Å²) in [5.41, 5.74) is 0.387. The summed E-state index contributed by atoms with van der Waals surface area (Å²) in [5.74, 6) is -4.28. The highest BCUT2D eigenvalue weighted by molar-refractivity contribution is 5.90. The van der Waals surface area contributed by atoms with Crippen LogP contribution in [0.1, 0.15) is 0 Å². The van der Waals surface area contributed by atoms with Crippen LogP contribution in [0.5, 0.6) is 0 Å². The van der Waals surface area contributed by atoms with Crippen molar-refractivity contribution in [1.29, 1.82) is 0 Å². The fraction of sp³-hybridized carbons (Fsp3) is 0.0625. The zero-order valence-corrected chi connectivity index (χ0v) is 12.5. The minimum absolute atomic E-state index is 0.0270. The number of hydrogen-bond acceptors (Lipinski definition) is 4. The van der Waals surface area contributed by atoms with E-state index in [2.05, 4.69) is 10.4 Å². The van der Waals surface area contributed by atoms with E-state index in [0.717, 1.165) is 16.8 Å². The molecular formula is C16H10F3N3O3. The Morgan fingerprint density at radius 1 is 1.08 bits per heavy atom. The molecule has 25 heavy (non-hydrogen) atoms. The number of anilines is 1. The fourth-order valence-electron chi connectivity index (χ4n) is 2.03. The van der Waals surface area contributed by atoms with E-state index in [1.54, 1.807) is 0 Å². The minimum Gasteiger partial charge on any atom is -0.388 e. The zero-order chi connectivity index (χ0) is 18.0. The number of nitrogens with one attached hydrogen (secondary N) is 1. The van der Waals surface area contributed by atoms with Gasteiger partial charge in [-0.2, -0.15) is 4.68 Å². The number of hydrogen-bond donors (Lipinski definition) is 1. The molecule has 0 fully saturated rings. The van der Waals surface area contributed by atoms with Gasteiger partial charge >= 0.3 is 5.76 Å². The van der Waals surface area contributed by atoms with Gasteiger partial charge < -0.3 is 9.73 Å². The maximum absolute atomic E-state index is 13.1. The average molecular weight is 349 g/mol. The van der Waals surface area contributed by atoms with Crippen LogP contribution in [0.4, 0.5) is 18.9 Å². The van der Waals surface area contributed by atoms with E-state index in [1.165, 1.54) is 30.3 Å². The van der Waals surface area contributed by atoms with Crippen molar-refractivity contribution in [3.05, 3.63) is 70.5 Å². The third-order valence-electron chi connectivity index (χ3n) is 3.19. The van der Waals surface area contributed by atoms with E-state index in [1.807, 2.05) is 0 Å². The number of nitrogens with zero attached hydrogens (tertiary/aromatic N) is 2. The molecule has 9 heteroatoms. The van der Waals surface area contributed by atoms with Crippen LogP contribution in [0.3, 0.4) is 0 Å². The van der Waals surface area contributed by atoms with Gasteiger partial charge in [0.15, 0.2) is 11.6 Å². The summed E-state index contributed by atoms with van der Waals surface area (Å²) in [7, 11) is 0. The van der Waals surface area contributed by atoms with E-state index in [4.69, 9.17) is 4.42 Å². The van der Waals surface area contributed by atoms with Gasteiger partial charge in [-0.15, -0.1) is 5.10 Å². The molecule has 0 bridgehead atoms. The lowest BCUT2D eigenvalue weighted by Crippen LogP contribution is -2.25. The van der Waals surface area contributed by atoms with Gasteiger partial charge in [0.1, 0.15) is 12.4 Å². The van der Waals surface area contributed by atoms with Gasteiger partial charge in [0, 0.05) is 17.3 Å². The molecular weight excluding hydrogens is 339 g/mol. The van der Waals surface area contributed by atoms with Crippen LogP contribution < -0.4 is 11.1 Å². The molecule has 0 radical (unpaired) electrons. The van der Waals surface area contributed by atoms with Crippen molar-refractivity contribution in [1.82, 2.24) is 9.78 Å². The molecule has 0 unspecified atom stereocenters. The normalized spacial score (nSPS) is 10.7. The molecule has 0 aliphatic rings. The Morgan fingerprint density at radius 3 is 2.48 bits per heavy atom. The standard InChI is InChI=1S/C16H10F3N3O3/c17-10-3-1-9(2-4-10)15-21-22(16(24)25-15)8-14(23)20-11-5-6-12(18)13(19)7-11/h1-7H,8H2,(H,20,23). The summed E-state index contributed by atoms with van der Waals surface area (Å²) >= 11 is 0. The molecule has 2 aromatic carbocycles. The van der Waals surface area contributed by atoms with Crippen LogP contribution in [0.15, 0.2) is 51.7 Å². The number of aromatic nitrogens is 2. The number of amides is 1. The predicted molar refractivity (Wildman–Crippen MR) is 81.1 cm³/mol. The van der Waals surface area contributed by atoms with Crippen LogP contribution >= 0.6 is 0 Å². The number of halogens is 3. The molecule has 0 aliphatic heterocycles. The molecule has 3 rings (SSSR count). The Labute approximate surface area is 138 Å². The van der Waals surface area contributed by atoms with Gasteiger partial charge in [0.05, 0.1) is 0 Å². The van der Waals surface area contributed by atoms with Gasteiger partial charge in [-0.25, -0.2) is 18.0 Å². The summed E-state index contributed by atoms with van der Waals surface area (Å²) in [5, 5.41) is 6.15. The van der Waals surface area contributed by atoms with Crippen LogP contribution in [0, 0.1) is 17.5 Å². The number of benzene rings is 2. The highest BCUT2D eigenvalue weighted by Crippen LogP contribution is 2.16. The molecule has 0 atom stereocenters. The molecule has 1 aromatic heterocycles. The third-order valence-corrected chi connectivity index (χ3v) is 3.19. The molecule has 1 amide bonds. The first kappa shape index (κ1) is 16.5. The van der Waals surface area contributed by atoms with Crippen molar-refractivity contribution < 1.29 is 22.4 Å². The van der Waals surface area contributed by atoms with E-state index >= 15 is 0 Å². The lowest BCUT2D eigenvalue weighted by atomic mass is 10.2. The first-order valence-electron chi connectivity index (χ1n) is 7.01. The SMILES string of the molecule is O=C(Cn1nc(-c2ccc(F)cc2)oc1=O)Nc1ccc(F)c(F)c1. The van der Waals surface area contributed by atoms with Crippen LogP contribution in [0.2, 0.25) is 0 Å². The highest BCUT2D eigenvalue weighted by atomic mass is 19.2. The van der Waals surface area contributed by atoms with Crippen LogP contribution in [0.25, 0.3) is 11.5 Å². The second-order valence-corrected chi connectivity index (χ2v) is 5.01. The molecule has 1 N–H and O–H groups in total. The van der Waals surface area contributed by atoms with Crippen LogP contribution in [-0.2, 0) is 11.3 Å². The van der Waals surface area contributed by atoms with E-state index in [0.29, 0.717) is 5.56 Å². The van der Waals surface area contributed by atoms with Crippen molar-refractivity contribution in [2.45, 2.75) is 6.54 Å². The molecule has 0 saturated carbocycles. The Bertz CT molecular complexity index is 980. The lowest BCUT2D eigenvalue weighted by molar-refractivity contribution is -0.117. The van der Waals surface area contributed by atoms with Gasteiger partial charge in [-0.1, -0.05) is 0 Å². The van der Waals surface area contributed by atoms with Crippen molar-refractivity contribution in [3.8, 4) is 11.5 Å². The number of carbonyl (C=O) groups excluding carboxylic acids is 1. The topological polar surface area (TPSA) is 77.1 Å². The van der Waals surface area contributed by atoms with E-state index in [9.17, 15) is 22.8 Å². The number of rotatable bonds is 4. The summed E-state index contributed by atoms with van der Waals surface area (Å²) in [6.45, 7) is -0.497. The summed E-state index contributed by atoms with van der Waals surface area (Å²) < 4.78 is 44.5.